The lowest BCUT2D eigenvalue weighted by molar-refractivity contribution is -0.114. The Bertz CT molecular complexity index is 759. The van der Waals surface area contributed by atoms with Crippen LogP contribution in [0, 0.1) is 0 Å². The minimum atomic E-state index is -0.196. The molecule has 0 saturated carbocycles. The van der Waals surface area contributed by atoms with Gasteiger partial charge in [-0.15, -0.1) is 11.3 Å². The van der Waals surface area contributed by atoms with Crippen molar-refractivity contribution in [3.05, 3.63) is 40.9 Å². The van der Waals surface area contributed by atoms with Crippen molar-refractivity contribution >= 4 is 28.3 Å². The van der Waals surface area contributed by atoms with Crippen LogP contribution in [0.5, 0.6) is 5.75 Å². The average Bonchev–Trinajstić information content (AvgIpc) is 3.23. The number of carbonyl (C=O) groups excluding carboxylic acids is 2. The first-order valence-corrected chi connectivity index (χ1v) is 8.64. The molecular formula is C17H19N3O3S. The number of nitrogens with zero attached hydrogens (tertiary/aromatic N) is 2. The zero-order chi connectivity index (χ0) is 17.1. The highest BCUT2D eigenvalue weighted by Gasteiger charge is 2.32. The first-order chi connectivity index (χ1) is 11.6. The number of hydrogen-bond donors (Lipinski definition) is 1. The number of likely N-dealkylation sites (tertiary alicyclic amines) is 1. The molecule has 2 heterocycles. The molecule has 126 valence electrons. The number of carbonyl (C=O) groups is 2. The third-order valence-electron chi connectivity index (χ3n) is 4.00. The summed E-state index contributed by atoms with van der Waals surface area (Å²) in [4.78, 5) is 30.0. The third-order valence-corrected chi connectivity index (χ3v) is 4.76. The van der Waals surface area contributed by atoms with E-state index in [9.17, 15) is 9.59 Å². The fraction of sp³-hybridized carbons (Fsp3) is 0.353. The average molecular weight is 345 g/mol. The van der Waals surface area contributed by atoms with Gasteiger partial charge in [0.1, 0.15) is 11.4 Å². The second kappa shape index (κ2) is 7.00. The maximum Gasteiger partial charge on any atom is 0.273 e. The normalized spacial score (nSPS) is 16.9. The van der Waals surface area contributed by atoms with Gasteiger partial charge in [0.25, 0.3) is 5.91 Å². The number of anilines is 1. The van der Waals surface area contributed by atoms with Gasteiger partial charge in [0.2, 0.25) is 5.91 Å². The molecule has 7 heteroatoms. The van der Waals surface area contributed by atoms with Gasteiger partial charge in [0.05, 0.1) is 13.2 Å². The summed E-state index contributed by atoms with van der Waals surface area (Å²) in [6.07, 6.45) is 1.87. The maximum atomic E-state index is 12.8. The topological polar surface area (TPSA) is 71.5 Å². The van der Waals surface area contributed by atoms with Crippen LogP contribution in [0.3, 0.4) is 0 Å². The summed E-state index contributed by atoms with van der Waals surface area (Å²) in [6, 6.07) is 7.85. The van der Waals surface area contributed by atoms with Crippen LogP contribution in [-0.2, 0) is 4.79 Å². The van der Waals surface area contributed by atoms with Crippen molar-refractivity contribution in [2.24, 2.45) is 0 Å². The van der Waals surface area contributed by atoms with Gasteiger partial charge in [-0.1, -0.05) is 12.1 Å². The summed E-state index contributed by atoms with van der Waals surface area (Å²) in [7, 11) is 1.63. The molecule has 1 aliphatic heterocycles. The molecule has 3 rings (SSSR count). The van der Waals surface area contributed by atoms with Crippen molar-refractivity contribution in [3.8, 4) is 5.75 Å². The minimum absolute atomic E-state index is 0.0264. The molecule has 2 aromatic rings. The van der Waals surface area contributed by atoms with E-state index in [4.69, 9.17) is 4.74 Å². The van der Waals surface area contributed by atoms with Crippen LogP contribution in [0.25, 0.3) is 0 Å². The van der Waals surface area contributed by atoms with Gasteiger partial charge in [0.15, 0.2) is 5.13 Å². The van der Waals surface area contributed by atoms with E-state index in [2.05, 4.69) is 10.3 Å². The Morgan fingerprint density at radius 3 is 3.00 bits per heavy atom. The van der Waals surface area contributed by atoms with Crippen LogP contribution in [0.2, 0.25) is 0 Å². The van der Waals surface area contributed by atoms with Crippen molar-refractivity contribution in [2.45, 2.75) is 25.8 Å². The second-order valence-corrected chi connectivity index (χ2v) is 6.51. The summed E-state index contributed by atoms with van der Waals surface area (Å²) in [5.41, 5.74) is 1.44. The van der Waals surface area contributed by atoms with Gasteiger partial charge in [-0.05, 0) is 30.5 Å². The molecule has 1 atom stereocenters. The Balaban J connectivity index is 1.80. The highest BCUT2D eigenvalue weighted by Crippen LogP contribution is 2.34. The number of benzene rings is 1. The zero-order valence-corrected chi connectivity index (χ0v) is 14.4. The molecule has 0 spiro atoms. The molecule has 0 aliphatic carbocycles. The highest BCUT2D eigenvalue weighted by molar-refractivity contribution is 7.14. The van der Waals surface area contributed by atoms with Crippen molar-refractivity contribution in [1.29, 1.82) is 0 Å². The molecule has 1 aromatic heterocycles. The monoisotopic (exact) mass is 345 g/mol. The first kappa shape index (κ1) is 16.4. The molecule has 1 aliphatic rings. The van der Waals surface area contributed by atoms with Gasteiger partial charge in [-0.2, -0.15) is 0 Å². The molecule has 2 amide bonds. The molecule has 0 bridgehead atoms. The number of ether oxygens (including phenoxy) is 1. The Labute approximate surface area is 144 Å². The van der Waals surface area contributed by atoms with E-state index in [0.29, 0.717) is 17.4 Å². The SMILES string of the molecule is COc1cccc([C@H]2CCCN2C(=O)c2csc(NC(C)=O)n2)c1. The molecule has 6 nitrogen and oxygen atoms in total. The molecule has 1 fully saturated rings. The van der Waals surface area contributed by atoms with Gasteiger partial charge < -0.3 is 15.0 Å². The number of rotatable bonds is 4. The summed E-state index contributed by atoms with van der Waals surface area (Å²) >= 11 is 1.26. The Kier molecular flexibility index (Phi) is 4.80. The quantitative estimate of drug-likeness (QED) is 0.924. The Morgan fingerprint density at radius 2 is 2.25 bits per heavy atom. The van der Waals surface area contributed by atoms with Gasteiger partial charge >= 0.3 is 0 Å². The lowest BCUT2D eigenvalue weighted by Gasteiger charge is -2.24. The van der Waals surface area contributed by atoms with Crippen LogP contribution < -0.4 is 10.1 Å². The predicted molar refractivity (Wildman–Crippen MR) is 92.4 cm³/mol. The second-order valence-electron chi connectivity index (χ2n) is 5.65. The number of thiazole rings is 1. The molecular weight excluding hydrogens is 326 g/mol. The molecule has 0 unspecified atom stereocenters. The standard InChI is InChI=1S/C17H19N3O3S/c1-11(21)18-17-19-14(10-24-17)16(22)20-8-4-7-15(20)12-5-3-6-13(9-12)23-2/h3,5-6,9-10,15H,4,7-8H2,1-2H3,(H,18,19,21)/t15-/m1/s1. The van der Waals surface area contributed by atoms with Crippen molar-refractivity contribution in [3.63, 3.8) is 0 Å². The summed E-state index contributed by atoms with van der Waals surface area (Å²) in [5, 5.41) is 4.75. The minimum Gasteiger partial charge on any atom is -0.497 e. The van der Waals surface area contributed by atoms with E-state index in [-0.39, 0.29) is 17.9 Å². The van der Waals surface area contributed by atoms with Crippen molar-refractivity contribution in [1.82, 2.24) is 9.88 Å². The van der Waals surface area contributed by atoms with Gasteiger partial charge in [-0.25, -0.2) is 4.98 Å². The van der Waals surface area contributed by atoms with E-state index in [1.54, 1.807) is 12.5 Å². The van der Waals surface area contributed by atoms with E-state index in [1.807, 2.05) is 29.2 Å². The molecule has 1 N–H and O–H groups in total. The maximum absolute atomic E-state index is 12.8. The van der Waals surface area contributed by atoms with Gasteiger partial charge in [0, 0.05) is 18.8 Å². The van der Waals surface area contributed by atoms with Crippen LogP contribution in [-0.4, -0.2) is 35.4 Å². The first-order valence-electron chi connectivity index (χ1n) is 7.76. The number of methoxy groups -OCH3 is 1. The predicted octanol–water partition coefficient (Wildman–Crippen LogP) is 3.09. The molecule has 0 radical (unpaired) electrons. The largest absolute Gasteiger partial charge is 0.497 e. The zero-order valence-electron chi connectivity index (χ0n) is 13.6. The number of aromatic nitrogens is 1. The summed E-state index contributed by atoms with van der Waals surface area (Å²) in [6.45, 7) is 2.12. The van der Waals surface area contributed by atoms with Crippen LogP contribution >= 0.6 is 11.3 Å². The van der Waals surface area contributed by atoms with E-state index in [1.165, 1.54) is 18.3 Å². The van der Waals surface area contributed by atoms with Crippen molar-refractivity contribution in [2.75, 3.05) is 19.0 Å². The number of amides is 2. The van der Waals surface area contributed by atoms with Crippen molar-refractivity contribution < 1.29 is 14.3 Å². The van der Waals surface area contributed by atoms with E-state index in [0.717, 1.165) is 24.2 Å². The third kappa shape index (κ3) is 3.41. The fourth-order valence-electron chi connectivity index (χ4n) is 2.93. The summed E-state index contributed by atoms with van der Waals surface area (Å²) < 4.78 is 5.28. The van der Waals surface area contributed by atoms with Crippen LogP contribution in [0.1, 0.15) is 41.9 Å². The van der Waals surface area contributed by atoms with Crippen LogP contribution in [0.4, 0.5) is 5.13 Å². The van der Waals surface area contributed by atoms with Gasteiger partial charge in [-0.3, -0.25) is 9.59 Å². The van der Waals surface area contributed by atoms with E-state index < -0.39 is 0 Å². The molecule has 1 saturated heterocycles. The lowest BCUT2D eigenvalue weighted by atomic mass is 10.0. The molecule has 1 aromatic carbocycles. The summed E-state index contributed by atoms with van der Waals surface area (Å²) in [5.74, 6) is 0.486. The smallest absolute Gasteiger partial charge is 0.273 e. The molecule has 24 heavy (non-hydrogen) atoms. The fourth-order valence-corrected chi connectivity index (χ4v) is 3.66. The number of hydrogen-bond acceptors (Lipinski definition) is 5. The highest BCUT2D eigenvalue weighted by atomic mass is 32.1. The number of nitrogens with one attached hydrogen (secondary N) is 1. The van der Waals surface area contributed by atoms with Crippen LogP contribution in [0.15, 0.2) is 29.6 Å². The Hall–Kier alpha value is -2.41. The lowest BCUT2D eigenvalue weighted by Crippen LogP contribution is -2.30. The Morgan fingerprint density at radius 1 is 1.42 bits per heavy atom. The van der Waals surface area contributed by atoms with E-state index >= 15 is 0 Å².